The monoisotopic (exact) mass is 441 g/mol. The summed E-state index contributed by atoms with van der Waals surface area (Å²) in [5.74, 6) is 0.573. The molecule has 0 radical (unpaired) electrons. The highest BCUT2D eigenvalue weighted by molar-refractivity contribution is 7.99. The summed E-state index contributed by atoms with van der Waals surface area (Å²) >= 11 is 0.875. The predicted octanol–water partition coefficient (Wildman–Crippen LogP) is 1.29. The smallest absolute Gasteiger partial charge is 0.342 e. The summed E-state index contributed by atoms with van der Waals surface area (Å²) in [7, 11) is 1.55. The number of thioether (sulfide) groups is 1. The highest BCUT2D eigenvalue weighted by Crippen LogP contribution is 2.28. The number of methoxy groups -OCH3 is 1. The molecule has 11 heteroatoms. The van der Waals surface area contributed by atoms with Crippen molar-refractivity contribution >= 4 is 23.9 Å². The van der Waals surface area contributed by atoms with Gasteiger partial charge in [-0.3, -0.25) is 14.6 Å². The van der Waals surface area contributed by atoms with Gasteiger partial charge in [0.15, 0.2) is 16.5 Å². The number of aromatic amines is 2. The molecule has 160 valence electrons. The minimum Gasteiger partial charge on any atom is -0.493 e. The second kappa shape index (κ2) is 10.8. The van der Waals surface area contributed by atoms with E-state index in [0.29, 0.717) is 23.7 Å². The van der Waals surface area contributed by atoms with E-state index in [1.807, 2.05) is 35.3 Å². The molecule has 1 heterocycles. The van der Waals surface area contributed by atoms with Gasteiger partial charge in [0.2, 0.25) is 5.91 Å². The first-order valence-corrected chi connectivity index (χ1v) is 10.0. The molecule has 0 aliphatic rings. The maximum atomic E-state index is 11.9. The minimum absolute atomic E-state index is 0.0194. The lowest BCUT2D eigenvalue weighted by atomic mass is 10.2. The third-order valence-corrected chi connectivity index (χ3v) is 4.80. The summed E-state index contributed by atoms with van der Waals surface area (Å²) in [5, 5.41) is 9.57. The standard InChI is InChI=1S/C20H19N5O5S/c1-29-15-8-7-14(9-16(15)30-11-13-5-3-2-4-6-13)10-21-23-17(26)12-31-19-18(27)22-20(28)25-24-19/h2-10H,11-12H2,1H3,(H,23,26)(H2,22,25,27,28)/b21-10+. The first-order valence-electron chi connectivity index (χ1n) is 9.03. The van der Waals surface area contributed by atoms with Crippen LogP contribution in [0.4, 0.5) is 0 Å². The van der Waals surface area contributed by atoms with Crippen molar-refractivity contribution in [2.45, 2.75) is 11.6 Å². The Balaban J connectivity index is 1.56. The Morgan fingerprint density at radius 1 is 1.19 bits per heavy atom. The normalized spacial score (nSPS) is 10.7. The summed E-state index contributed by atoms with van der Waals surface area (Å²) < 4.78 is 11.2. The van der Waals surface area contributed by atoms with Gasteiger partial charge in [-0.15, -0.1) is 0 Å². The van der Waals surface area contributed by atoms with Gasteiger partial charge in [-0.1, -0.05) is 42.1 Å². The molecular weight excluding hydrogens is 422 g/mol. The van der Waals surface area contributed by atoms with Crippen LogP contribution >= 0.6 is 11.8 Å². The maximum Gasteiger partial charge on any atom is 0.342 e. The number of H-pyrrole nitrogens is 2. The molecule has 0 aliphatic carbocycles. The van der Waals surface area contributed by atoms with Gasteiger partial charge in [-0.25, -0.2) is 15.3 Å². The average Bonchev–Trinajstić information content (AvgIpc) is 2.78. The van der Waals surface area contributed by atoms with Crippen molar-refractivity contribution in [3.63, 3.8) is 0 Å². The molecule has 3 aromatic rings. The molecule has 31 heavy (non-hydrogen) atoms. The largest absolute Gasteiger partial charge is 0.493 e. The van der Waals surface area contributed by atoms with Gasteiger partial charge >= 0.3 is 5.69 Å². The van der Waals surface area contributed by atoms with E-state index in [2.05, 4.69) is 20.7 Å². The van der Waals surface area contributed by atoms with Crippen molar-refractivity contribution in [2.24, 2.45) is 5.10 Å². The SMILES string of the molecule is COc1ccc(/C=N/NC(=O)CSc2n[nH]c(=O)[nH]c2=O)cc1OCc1ccccc1. The van der Waals surface area contributed by atoms with Crippen molar-refractivity contribution in [2.75, 3.05) is 12.9 Å². The highest BCUT2D eigenvalue weighted by Gasteiger charge is 2.08. The fourth-order valence-electron chi connectivity index (χ4n) is 2.40. The predicted molar refractivity (Wildman–Crippen MR) is 116 cm³/mol. The van der Waals surface area contributed by atoms with E-state index in [0.717, 1.165) is 17.3 Å². The van der Waals surface area contributed by atoms with Crippen LogP contribution in [0.25, 0.3) is 0 Å². The van der Waals surface area contributed by atoms with Gasteiger partial charge in [0.1, 0.15) is 6.61 Å². The molecule has 0 saturated heterocycles. The molecule has 3 rings (SSSR count). The summed E-state index contributed by atoms with van der Waals surface area (Å²) in [6, 6.07) is 15.0. The van der Waals surface area contributed by atoms with E-state index in [-0.39, 0.29) is 10.8 Å². The van der Waals surface area contributed by atoms with Gasteiger partial charge in [0, 0.05) is 0 Å². The number of hydrogen-bond donors (Lipinski definition) is 3. The Morgan fingerprint density at radius 2 is 2.00 bits per heavy atom. The summed E-state index contributed by atoms with van der Waals surface area (Å²) in [6.45, 7) is 0.379. The molecular formula is C20H19N5O5S. The van der Waals surface area contributed by atoms with E-state index in [4.69, 9.17) is 9.47 Å². The topological polar surface area (TPSA) is 139 Å². The zero-order valence-electron chi connectivity index (χ0n) is 16.5. The molecule has 3 N–H and O–H groups in total. The van der Waals surface area contributed by atoms with Crippen molar-refractivity contribution in [3.8, 4) is 11.5 Å². The van der Waals surface area contributed by atoms with E-state index < -0.39 is 17.2 Å². The second-order valence-electron chi connectivity index (χ2n) is 6.08. The van der Waals surface area contributed by atoms with E-state index in [9.17, 15) is 14.4 Å². The molecule has 1 aromatic heterocycles. The molecule has 0 saturated carbocycles. The number of benzene rings is 2. The number of carbonyl (C=O) groups is 1. The van der Waals surface area contributed by atoms with E-state index >= 15 is 0 Å². The Kier molecular flexibility index (Phi) is 7.60. The Bertz CT molecular complexity index is 1180. The maximum absolute atomic E-state index is 11.9. The van der Waals surface area contributed by atoms with Crippen molar-refractivity contribution in [1.82, 2.24) is 20.6 Å². The summed E-state index contributed by atoms with van der Waals surface area (Å²) in [5.41, 5.74) is 2.70. The lowest BCUT2D eigenvalue weighted by molar-refractivity contribution is -0.118. The van der Waals surface area contributed by atoms with Crippen molar-refractivity contribution in [1.29, 1.82) is 0 Å². The first kappa shape index (κ1) is 21.8. The second-order valence-corrected chi connectivity index (χ2v) is 7.04. The van der Waals surface area contributed by atoms with E-state index in [1.165, 1.54) is 6.21 Å². The first-order chi connectivity index (χ1) is 15.0. The number of nitrogens with one attached hydrogen (secondary N) is 3. The van der Waals surface area contributed by atoms with E-state index in [1.54, 1.807) is 25.3 Å². The third-order valence-electron chi connectivity index (χ3n) is 3.85. The zero-order valence-corrected chi connectivity index (χ0v) is 17.3. The fraction of sp³-hybridized carbons (Fsp3) is 0.150. The Hall–Kier alpha value is -3.86. The molecule has 0 spiro atoms. The van der Waals surface area contributed by atoms with Crippen molar-refractivity contribution in [3.05, 3.63) is 80.5 Å². The number of rotatable bonds is 9. The summed E-state index contributed by atoms with van der Waals surface area (Å²) in [6.07, 6.45) is 1.46. The van der Waals surface area contributed by atoms with Crippen LogP contribution < -0.4 is 26.1 Å². The highest BCUT2D eigenvalue weighted by atomic mass is 32.2. The molecule has 0 fully saturated rings. The molecule has 0 aliphatic heterocycles. The lowest BCUT2D eigenvalue weighted by Gasteiger charge is -2.11. The van der Waals surface area contributed by atoms with Crippen LogP contribution in [0.5, 0.6) is 11.5 Å². The molecule has 0 bridgehead atoms. The van der Waals surface area contributed by atoms with Crippen LogP contribution in [0.15, 0.2) is 68.2 Å². The number of nitrogens with zero attached hydrogens (tertiary/aromatic N) is 2. The van der Waals surface area contributed by atoms with Gasteiger partial charge < -0.3 is 9.47 Å². The van der Waals surface area contributed by atoms with Gasteiger partial charge in [-0.05, 0) is 29.3 Å². The quantitative estimate of drug-likeness (QED) is 0.258. The third kappa shape index (κ3) is 6.57. The zero-order chi connectivity index (χ0) is 22.1. The molecule has 2 aromatic carbocycles. The minimum atomic E-state index is -0.713. The molecule has 0 unspecified atom stereocenters. The van der Waals surface area contributed by atoms with Crippen LogP contribution in [-0.4, -0.2) is 40.2 Å². The number of ether oxygens (including phenoxy) is 2. The number of amides is 1. The number of carbonyl (C=O) groups excluding carboxylic acids is 1. The molecule has 10 nitrogen and oxygen atoms in total. The van der Waals surface area contributed by atoms with Crippen molar-refractivity contribution < 1.29 is 14.3 Å². The number of hydrazone groups is 1. The van der Waals surface area contributed by atoms with Crippen LogP contribution in [0.3, 0.4) is 0 Å². The number of aromatic nitrogens is 3. The van der Waals surface area contributed by atoms with Gasteiger partial charge in [0.05, 0.1) is 19.1 Å². The molecule has 1 amide bonds. The van der Waals surface area contributed by atoms with Gasteiger partial charge in [0.25, 0.3) is 5.56 Å². The lowest BCUT2D eigenvalue weighted by Crippen LogP contribution is -2.26. The van der Waals surface area contributed by atoms with Crippen LogP contribution in [0.1, 0.15) is 11.1 Å². The average molecular weight is 441 g/mol. The summed E-state index contributed by atoms with van der Waals surface area (Å²) in [4.78, 5) is 36.4. The van der Waals surface area contributed by atoms with Crippen LogP contribution in [0, 0.1) is 0 Å². The Morgan fingerprint density at radius 3 is 2.74 bits per heavy atom. The van der Waals surface area contributed by atoms with Crippen LogP contribution in [-0.2, 0) is 11.4 Å². The molecule has 0 atom stereocenters. The Labute approximate surface area is 180 Å². The fourth-order valence-corrected chi connectivity index (χ4v) is 3.03. The number of hydrogen-bond acceptors (Lipinski definition) is 8. The van der Waals surface area contributed by atoms with Crippen LogP contribution in [0.2, 0.25) is 0 Å². The van der Waals surface area contributed by atoms with Gasteiger partial charge in [-0.2, -0.15) is 10.2 Å².